The first kappa shape index (κ1) is 22.7. The second-order valence-corrected chi connectivity index (χ2v) is 10.4. The molecule has 158 valence electrons. The van der Waals surface area contributed by atoms with Crippen LogP contribution < -0.4 is 4.74 Å². The maximum atomic E-state index is 11.8. The van der Waals surface area contributed by atoms with Crippen LogP contribution in [0.2, 0.25) is 0 Å². The third-order valence-corrected chi connectivity index (χ3v) is 8.59. The number of carbonyl (C=O) groups excluding carboxylic acids is 1. The molecule has 30 heavy (non-hydrogen) atoms. The number of ether oxygens (including phenoxy) is 2. The van der Waals surface area contributed by atoms with Gasteiger partial charge >= 0.3 is 182 Å². The summed E-state index contributed by atoms with van der Waals surface area (Å²) in [6.45, 7) is 10.1. The summed E-state index contributed by atoms with van der Waals surface area (Å²) in [5.74, 6) is 1.31. The van der Waals surface area contributed by atoms with E-state index >= 15 is 0 Å². The number of carbonyl (C=O) groups is 1. The molecule has 0 radical (unpaired) electrons. The minimum atomic E-state index is -0.617. The standard InChI is InChI=1S/C24H27NO3SSe/c1-6-27-24(26)18(5)28-21-12-11-20(13-16(21)3)29-14-22-17(4)25-23(30-22)19-9-7-15(2)8-10-19/h7-13,18H,6,14H2,1-5H3. The van der Waals surface area contributed by atoms with Crippen molar-refractivity contribution in [3.8, 4) is 15.9 Å². The predicted octanol–water partition coefficient (Wildman–Crippen LogP) is 5.35. The van der Waals surface area contributed by atoms with Gasteiger partial charge in [-0.1, -0.05) is 0 Å². The predicted molar refractivity (Wildman–Crippen MR) is 124 cm³/mol. The second kappa shape index (κ2) is 10.3. The van der Waals surface area contributed by atoms with Gasteiger partial charge in [0, 0.05) is 0 Å². The van der Waals surface area contributed by atoms with Crippen LogP contribution in [0, 0.1) is 20.8 Å². The molecule has 3 rings (SSSR count). The molecule has 1 aromatic heterocycles. The van der Waals surface area contributed by atoms with Gasteiger partial charge in [0.15, 0.2) is 0 Å². The Balaban J connectivity index is 1.64. The van der Waals surface area contributed by atoms with Crippen LogP contribution in [-0.2, 0) is 15.3 Å². The van der Waals surface area contributed by atoms with Crippen LogP contribution in [0.1, 0.15) is 35.1 Å². The molecule has 0 saturated carbocycles. The number of aromatic nitrogens is 1. The van der Waals surface area contributed by atoms with E-state index in [1.165, 1.54) is 25.0 Å². The molecule has 0 aliphatic heterocycles. The molecular formula is C24H27NO3SSe. The van der Waals surface area contributed by atoms with Crippen molar-refractivity contribution >= 4 is 32.2 Å². The number of thioether (sulfide) groups is 1. The number of nitrogens with zero attached hydrogens (tertiary/aromatic N) is 1. The van der Waals surface area contributed by atoms with Crippen molar-refractivity contribution in [1.29, 1.82) is 0 Å². The summed E-state index contributed by atoms with van der Waals surface area (Å²) in [6, 6.07) is 14.7. The van der Waals surface area contributed by atoms with Gasteiger partial charge in [-0.05, 0) is 6.92 Å². The van der Waals surface area contributed by atoms with Gasteiger partial charge in [-0.3, -0.25) is 0 Å². The number of rotatable bonds is 8. The Bertz CT molecular complexity index is 1010. The molecule has 0 fully saturated rings. The van der Waals surface area contributed by atoms with E-state index in [-0.39, 0.29) is 20.5 Å². The van der Waals surface area contributed by atoms with E-state index in [4.69, 9.17) is 14.5 Å². The Morgan fingerprint density at radius 3 is 2.53 bits per heavy atom. The van der Waals surface area contributed by atoms with Crippen molar-refractivity contribution in [2.75, 3.05) is 6.61 Å². The van der Waals surface area contributed by atoms with Gasteiger partial charge in [0.2, 0.25) is 0 Å². The molecule has 0 N–H and O–H groups in total. The van der Waals surface area contributed by atoms with Crippen LogP contribution >= 0.6 is 11.8 Å². The molecule has 2 aromatic carbocycles. The monoisotopic (exact) mass is 489 g/mol. The zero-order valence-corrected chi connectivity index (χ0v) is 20.6. The number of benzene rings is 2. The quantitative estimate of drug-likeness (QED) is 0.243. The molecule has 0 bridgehead atoms. The van der Waals surface area contributed by atoms with E-state index < -0.39 is 6.10 Å². The minimum absolute atomic E-state index is 0.263. The van der Waals surface area contributed by atoms with Crippen LogP contribution in [0.5, 0.6) is 5.75 Å². The van der Waals surface area contributed by atoms with Crippen molar-refractivity contribution in [3.05, 3.63) is 63.7 Å². The fourth-order valence-corrected chi connectivity index (χ4v) is 6.42. The zero-order valence-electron chi connectivity index (χ0n) is 18.0. The van der Waals surface area contributed by atoms with E-state index in [1.54, 1.807) is 13.8 Å². The molecule has 3 aromatic rings. The number of hydrogen-bond acceptors (Lipinski definition) is 5. The topological polar surface area (TPSA) is 48.4 Å². The molecule has 0 spiro atoms. The summed E-state index contributed by atoms with van der Waals surface area (Å²) in [5.41, 5.74) is 4.66. The van der Waals surface area contributed by atoms with Crippen molar-refractivity contribution in [2.24, 2.45) is 0 Å². The van der Waals surface area contributed by atoms with Gasteiger partial charge in [0.1, 0.15) is 0 Å². The van der Waals surface area contributed by atoms with E-state index in [9.17, 15) is 4.79 Å². The first-order valence-corrected chi connectivity index (χ1v) is 12.7. The molecule has 1 unspecified atom stereocenters. The van der Waals surface area contributed by atoms with Crippen molar-refractivity contribution in [1.82, 2.24) is 4.98 Å². The summed E-state index contributed by atoms with van der Waals surface area (Å²) < 4.78 is 13.4. The molecule has 0 amide bonds. The number of hydrogen-bond donors (Lipinski definition) is 0. The van der Waals surface area contributed by atoms with Gasteiger partial charge in [-0.2, -0.15) is 0 Å². The Morgan fingerprint density at radius 2 is 1.87 bits per heavy atom. The van der Waals surface area contributed by atoms with Crippen molar-refractivity contribution in [3.63, 3.8) is 0 Å². The molecule has 1 heterocycles. The van der Waals surface area contributed by atoms with Crippen LogP contribution in [0.15, 0.2) is 47.4 Å². The first-order chi connectivity index (χ1) is 14.4. The van der Waals surface area contributed by atoms with Crippen molar-refractivity contribution < 1.29 is 14.3 Å². The zero-order chi connectivity index (χ0) is 21.7. The Morgan fingerprint density at radius 1 is 1.13 bits per heavy atom. The number of aryl methyl sites for hydroxylation is 3. The van der Waals surface area contributed by atoms with E-state index in [0.717, 1.165) is 17.0 Å². The maximum absolute atomic E-state index is 11.8. The molecule has 0 saturated heterocycles. The molecule has 0 aliphatic rings. The van der Waals surface area contributed by atoms with Gasteiger partial charge in [0.25, 0.3) is 0 Å². The summed E-state index contributed by atoms with van der Waals surface area (Å²) in [5, 5.41) is 0. The van der Waals surface area contributed by atoms with Crippen molar-refractivity contribution in [2.45, 2.75) is 51.4 Å². The van der Waals surface area contributed by atoms with E-state index in [2.05, 4.69) is 44.2 Å². The fourth-order valence-electron chi connectivity index (χ4n) is 2.87. The summed E-state index contributed by atoms with van der Waals surface area (Å²) >= 11 is 2.08. The van der Waals surface area contributed by atoms with Crippen LogP contribution in [0.25, 0.3) is 10.1 Å². The third kappa shape index (κ3) is 5.78. The third-order valence-electron chi connectivity index (χ3n) is 4.63. The molecule has 0 aliphatic carbocycles. The summed E-state index contributed by atoms with van der Waals surface area (Å²) in [6.07, 6.45) is -0.617. The van der Waals surface area contributed by atoms with Gasteiger partial charge in [-0.15, -0.1) is 0 Å². The van der Waals surface area contributed by atoms with Crippen LogP contribution in [0.3, 0.4) is 0 Å². The first-order valence-electron chi connectivity index (χ1n) is 9.97. The van der Waals surface area contributed by atoms with Gasteiger partial charge < -0.3 is 0 Å². The van der Waals surface area contributed by atoms with Crippen LogP contribution in [-0.4, -0.2) is 38.2 Å². The SMILES string of the molecule is CCOC(=O)C(C)Oc1ccc(SCc2[se]c(-c3ccc(C)cc3)nc2C)cc1C. The summed E-state index contributed by atoms with van der Waals surface area (Å²) in [7, 11) is 0. The van der Waals surface area contributed by atoms with Gasteiger partial charge in [0.05, 0.1) is 0 Å². The number of esters is 1. The normalized spacial score (nSPS) is 11.9. The van der Waals surface area contributed by atoms with E-state index in [0.29, 0.717) is 12.4 Å². The molecule has 6 heteroatoms. The molecule has 4 nitrogen and oxygen atoms in total. The Kier molecular flexibility index (Phi) is 7.81. The Hall–Kier alpha value is -2.01. The Labute approximate surface area is 188 Å². The van der Waals surface area contributed by atoms with Gasteiger partial charge in [-0.25, -0.2) is 0 Å². The molecular weight excluding hydrogens is 461 g/mol. The fraction of sp³-hybridized carbons (Fsp3) is 0.333. The second-order valence-electron chi connectivity index (χ2n) is 7.12. The van der Waals surface area contributed by atoms with Crippen LogP contribution in [0.4, 0.5) is 0 Å². The molecule has 1 atom stereocenters. The van der Waals surface area contributed by atoms with E-state index in [1.807, 2.05) is 30.8 Å². The average Bonchev–Trinajstić information content (AvgIpc) is 3.09. The average molecular weight is 489 g/mol. The summed E-state index contributed by atoms with van der Waals surface area (Å²) in [4.78, 5) is 17.8.